The lowest BCUT2D eigenvalue weighted by Gasteiger charge is -2.07. The molecule has 108 valence electrons. The third kappa shape index (κ3) is 4.27. The van der Waals surface area contributed by atoms with Crippen LogP contribution in [0.25, 0.3) is 0 Å². The van der Waals surface area contributed by atoms with Crippen molar-refractivity contribution in [1.29, 1.82) is 0 Å². The lowest BCUT2D eigenvalue weighted by molar-refractivity contribution is -0.146. The van der Waals surface area contributed by atoms with Crippen molar-refractivity contribution in [2.75, 3.05) is 18.5 Å². The molecule has 0 bridgehead atoms. The monoisotopic (exact) mass is 280 g/mol. The third-order valence-corrected chi connectivity index (χ3v) is 2.19. The van der Waals surface area contributed by atoms with Crippen molar-refractivity contribution >= 4 is 17.6 Å². The summed E-state index contributed by atoms with van der Waals surface area (Å²) < 4.78 is 9.51. The van der Waals surface area contributed by atoms with Gasteiger partial charge in [0, 0.05) is 24.7 Å². The Balaban J connectivity index is 2.95. The van der Waals surface area contributed by atoms with E-state index in [9.17, 15) is 14.4 Å². The van der Waals surface area contributed by atoms with E-state index in [-0.39, 0.29) is 29.9 Å². The fourth-order valence-corrected chi connectivity index (χ4v) is 1.30. The van der Waals surface area contributed by atoms with E-state index < -0.39 is 11.9 Å². The predicted molar refractivity (Wildman–Crippen MR) is 72.0 cm³/mol. The highest BCUT2D eigenvalue weighted by Crippen LogP contribution is 2.04. The average molecular weight is 280 g/mol. The number of ether oxygens (including phenoxy) is 2. The maximum absolute atomic E-state index is 11.6. The van der Waals surface area contributed by atoms with Crippen molar-refractivity contribution in [3.63, 3.8) is 0 Å². The van der Waals surface area contributed by atoms with Gasteiger partial charge in [-0.1, -0.05) is 0 Å². The number of H-pyrrole nitrogens is 1. The van der Waals surface area contributed by atoms with Crippen LogP contribution in [0.3, 0.4) is 0 Å². The molecule has 0 fully saturated rings. The number of hydrogen-bond donors (Lipinski definition) is 2. The molecule has 0 aromatic carbocycles. The Kier molecular flexibility index (Phi) is 6.02. The maximum atomic E-state index is 11.6. The van der Waals surface area contributed by atoms with Gasteiger partial charge in [-0.2, -0.15) is 0 Å². The van der Waals surface area contributed by atoms with Crippen LogP contribution in [0.1, 0.15) is 13.8 Å². The zero-order valence-electron chi connectivity index (χ0n) is 11.3. The van der Waals surface area contributed by atoms with Gasteiger partial charge in [-0.3, -0.25) is 4.79 Å². The smallest absolute Gasteiger partial charge is 0.347 e. The Bertz CT molecular complexity index is 542. The molecule has 20 heavy (non-hydrogen) atoms. The summed E-state index contributed by atoms with van der Waals surface area (Å²) in [6.45, 7) is 3.50. The second-order valence-corrected chi connectivity index (χ2v) is 3.57. The van der Waals surface area contributed by atoms with Crippen LogP contribution in [0.15, 0.2) is 35.0 Å². The minimum Gasteiger partial charge on any atom is -0.462 e. The second-order valence-electron chi connectivity index (χ2n) is 3.57. The van der Waals surface area contributed by atoms with E-state index in [1.165, 1.54) is 18.5 Å². The van der Waals surface area contributed by atoms with Gasteiger partial charge in [-0.05, 0) is 13.8 Å². The summed E-state index contributed by atoms with van der Waals surface area (Å²) in [4.78, 5) is 37.5. The zero-order valence-corrected chi connectivity index (χ0v) is 11.3. The molecule has 0 radical (unpaired) electrons. The van der Waals surface area contributed by atoms with Crippen LogP contribution in [0.5, 0.6) is 0 Å². The van der Waals surface area contributed by atoms with E-state index in [0.29, 0.717) is 0 Å². The number of hydrogen-bond acceptors (Lipinski definition) is 6. The Morgan fingerprint density at radius 1 is 1.25 bits per heavy atom. The molecule has 0 aliphatic rings. The lowest BCUT2D eigenvalue weighted by atomic mass is 10.3. The van der Waals surface area contributed by atoms with Crippen LogP contribution in [0.2, 0.25) is 0 Å². The highest BCUT2D eigenvalue weighted by molar-refractivity contribution is 6.14. The molecule has 7 heteroatoms. The lowest BCUT2D eigenvalue weighted by Crippen LogP contribution is -2.20. The van der Waals surface area contributed by atoms with Crippen LogP contribution in [0.4, 0.5) is 5.69 Å². The van der Waals surface area contributed by atoms with Crippen molar-refractivity contribution in [2.24, 2.45) is 0 Å². The molecule has 0 aliphatic carbocycles. The molecule has 1 heterocycles. The van der Waals surface area contributed by atoms with Crippen molar-refractivity contribution in [2.45, 2.75) is 13.8 Å². The number of aromatic amines is 1. The normalized spacial score (nSPS) is 9.50. The Morgan fingerprint density at radius 2 is 1.85 bits per heavy atom. The number of pyridine rings is 1. The summed E-state index contributed by atoms with van der Waals surface area (Å²) in [5.74, 6) is -1.63. The van der Waals surface area contributed by atoms with Gasteiger partial charge in [0.05, 0.1) is 13.2 Å². The summed E-state index contributed by atoms with van der Waals surface area (Å²) in [5, 5.41) is 2.58. The molecular weight excluding hydrogens is 264 g/mol. The topological polar surface area (TPSA) is 97.5 Å². The zero-order chi connectivity index (χ0) is 15.0. The quantitative estimate of drug-likeness (QED) is 0.346. The van der Waals surface area contributed by atoms with E-state index in [2.05, 4.69) is 10.3 Å². The first-order chi connectivity index (χ1) is 9.60. The van der Waals surface area contributed by atoms with Crippen LogP contribution in [-0.2, 0) is 19.1 Å². The van der Waals surface area contributed by atoms with Gasteiger partial charge in [0.25, 0.3) is 0 Å². The Hall–Kier alpha value is -2.57. The number of nitrogens with one attached hydrogen (secondary N) is 2. The number of rotatable bonds is 6. The molecule has 0 spiro atoms. The maximum Gasteiger partial charge on any atom is 0.347 e. The van der Waals surface area contributed by atoms with Crippen LogP contribution in [-0.4, -0.2) is 30.1 Å². The second kappa shape index (κ2) is 7.78. The van der Waals surface area contributed by atoms with Gasteiger partial charge >= 0.3 is 11.9 Å². The minimum absolute atomic E-state index is 0.126. The summed E-state index contributed by atoms with van der Waals surface area (Å²) >= 11 is 0. The first kappa shape index (κ1) is 15.5. The van der Waals surface area contributed by atoms with Gasteiger partial charge in [0.2, 0.25) is 5.43 Å². The fraction of sp³-hybridized carbons (Fsp3) is 0.308. The average Bonchev–Trinajstić information content (AvgIpc) is 2.41. The standard InChI is InChI=1S/C13H16N2O5/c1-3-19-12(17)9(13(18)20-4-2)7-15-10-8-14-6-5-11(10)16/h5-8,15H,3-4H2,1-2H3,(H,14,16). The van der Waals surface area contributed by atoms with E-state index in [0.717, 1.165) is 6.20 Å². The SMILES string of the molecule is CCOC(=O)C(=CNc1c[nH]ccc1=O)C(=O)OCC. The van der Waals surface area contributed by atoms with Gasteiger partial charge in [-0.15, -0.1) is 0 Å². The van der Waals surface area contributed by atoms with Gasteiger partial charge in [0.15, 0.2) is 5.57 Å². The molecule has 0 atom stereocenters. The third-order valence-electron chi connectivity index (χ3n) is 2.19. The van der Waals surface area contributed by atoms with Crippen molar-refractivity contribution < 1.29 is 19.1 Å². The van der Waals surface area contributed by atoms with Gasteiger partial charge < -0.3 is 19.8 Å². The molecule has 7 nitrogen and oxygen atoms in total. The number of anilines is 1. The number of carbonyl (C=O) groups excluding carboxylic acids is 2. The fourth-order valence-electron chi connectivity index (χ4n) is 1.30. The first-order valence-corrected chi connectivity index (χ1v) is 6.08. The molecule has 1 rings (SSSR count). The van der Waals surface area contributed by atoms with Crippen LogP contribution >= 0.6 is 0 Å². The molecule has 1 aromatic heterocycles. The molecule has 0 aliphatic heterocycles. The van der Waals surface area contributed by atoms with Gasteiger partial charge in [0.1, 0.15) is 5.69 Å². The molecule has 0 saturated heterocycles. The van der Waals surface area contributed by atoms with Gasteiger partial charge in [-0.25, -0.2) is 9.59 Å². The van der Waals surface area contributed by atoms with Crippen molar-refractivity contribution in [1.82, 2.24) is 4.98 Å². The molecule has 0 saturated carbocycles. The van der Waals surface area contributed by atoms with Crippen molar-refractivity contribution in [3.05, 3.63) is 40.5 Å². The summed E-state index contributed by atoms with van der Waals surface area (Å²) in [6, 6.07) is 1.31. The number of carbonyl (C=O) groups is 2. The molecule has 0 unspecified atom stereocenters. The molecule has 0 amide bonds. The van der Waals surface area contributed by atoms with Crippen molar-refractivity contribution in [3.8, 4) is 0 Å². The van der Waals surface area contributed by atoms with E-state index in [4.69, 9.17) is 9.47 Å². The Morgan fingerprint density at radius 3 is 2.35 bits per heavy atom. The number of esters is 2. The highest BCUT2D eigenvalue weighted by Gasteiger charge is 2.20. The minimum atomic E-state index is -0.814. The van der Waals surface area contributed by atoms with Crippen LogP contribution in [0, 0.1) is 0 Å². The largest absolute Gasteiger partial charge is 0.462 e. The van der Waals surface area contributed by atoms with E-state index in [1.807, 2.05) is 0 Å². The number of aromatic nitrogens is 1. The molecule has 1 aromatic rings. The molecular formula is C13H16N2O5. The summed E-state index contributed by atoms with van der Waals surface area (Å²) in [7, 11) is 0. The Labute approximate surface area is 115 Å². The summed E-state index contributed by atoms with van der Waals surface area (Å²) in [5.41, 5.74) is -0.400. The van der Waals surface area contributed by atoms with E-state index in [1.54, 1.807) is 13.8 Å². The predicted octanol–water partition coefficient (Wildman–Crippen LogP) is 0.797. The summed E-state index contributed by atoms with van der Waals surface area (Å²) in [6.07, 6.45) is 3.97. The highest BCUT2D eigenvalue weighted by atomic mass is 16.6. The first-order valence-electron chi connectivity index (χ1n) is 6.08. The van der Waals surface area contributed by atoms with E-state index >= 15 is 0 Å². The molecule has 2 N–H and O–H groups in total. The van der Waals surface area contributed by atoms with Crippen LogP contribution < -0.4 is 10.7 Å².